The van der Waals surface area contributed by atoms with Crippen molar-refractivity contribution in [3.8, 4) is 0 Å². The lowest BCUT2D eigenvalue weighted by Crippen LogP contribution is -2.45. The molecular formula is C17H18N2O2. The predicted molar refractivity (Wildman–Crippen MR) is 82.1 cm³/mol. The van der Waals surface area contributed by atoms with Gasteiger partial charge in [0.1, 0.15) is 11.3 Å². The number of allylic oxidation sites excluding steroid dienone is 1. The number of Topliss-reactive ketones (excluding diaryl/α,β-unsaturated/α-hetero) is 1. The predicted octanol–water partition coefficient (Wildman–Crippen LogP) is 2.51. The van der Waals surface area contributed by atoms with E-state index in [1.807, 2.05) is 31.2 Å². The minimum Gasteiger partial charge on any atom is -0.456 e. The molecule has 4 heteroatoms. The van der Waals surface area contributed by atoms with Crippen LogP contribution in [0.15, 0.2) is 34.4 Å². The summed E-state index contributed by atoms with van der Waals surface area (Å²) >= 11 is 0. The summed E-state index contributed by atoms with van der Waals surface area (Å²) < 4.78 is 5.89. The Labute approximate surface area is 123 Å². The van der Waals surface area contributed by atoms with Crippen molar-refractivity contribution < 1.29 is 9.21 Å². The average Bonchev–Trinajstić information content (AvgIpc) is 2.90. The van der Waals surface area contributed by atoms with Gasteiger partial charge in [-0.2, -0.15) is 0 Å². The molecule has 1 aliphatic heterocycles. The lowest BCUT2D eigenvalue weighted by atomic mass is 9.88. The molecule has 1 atom stereocenters. The molecule has 2 aromatic rings. The van der Waals surface area contributed by atoms with E-state index in [0.717, 1.165) is 48.4 Å². The molecule has 0 bridgehead atoms. The Balaban J connectivity index is 1.85. The maximum Gasteiger partial charge on any atom is 0.176 e. The maximum absolute atomic E-state index is 12.8. The van der Waals surface area contributed by atoms with E-state index in [0.29, 0.717) is 5.76 Å². The molecule has 0 radical (unpaired) electrons. The fourth-order valence-corrected chi connectivity index (χ4v) is 3.32. The van der Waals surface area contributed by atoms with E-state index in [1.54, 1.807) is 0 Å². The third kappa shape index (κ3) is 1.90. The van der Waals surface area contributed by atoms with E-state index >= 15 is 0 Å². The Morgan fingerprint density at radius 1 is 1.24 bits per heavy atom. The van der Waals surface area contributed by atoms with Gasteiger partial charge in [0.2, 0.25) is 0 Å². The second-order valence-electron chi connectivity index (χ2n) is 5.73. The zero-order chi connectivity index (χ0) is 14.4. The smallest absolute Gasteiger partial charge is 0.176 e. The lowest BCUT2D eigenvalue weighted by molar-refractivity contribution is 0.0924. The lowest BCUT2D eigenvalue weighted by Gasteiger charge is -2.35. The molecule has 2 heterocycles. The van der Waals surface area contributed by atoms with Crippen molar-refractivity contribution in [3.05, 3.63) is 41.3 Å². The second kappa shape index (κ2) is 4.74. The van der Waals surface area contributed by atoms with Crippen molar-refractivity contribution in [3.63, 3.8) is 0 Å². The Bertz CT molecular complexity index is 738. The molecule has 4 rings (SSSR count). The third-order valence-corrected chi connectivity index (χ3v) is 4.47. The molecule has 1 aromatic heterocycles. The van der Waals surface area contributed by atoms with Gasteiger partial charge < -0.3 is 14.6 Å². The molecule has 1 fully saturated rings. The van der Waals surface area contributed by atoms with Gasteiger partial charge in [-0.3, -0.25) is 4.79 Å². The molecule has 2 aliphatic rings. The van der Waals surface area contributed by atoms with Crippen molar-refractivity contribution >= 4 is 22.8 Å². The number of hydrogen-bond acceptors (Lipinski definition) is 4. The number of nitrogens with one attached hydrogen (secondary N) is 1. The molecular weight excluding hydrogens is 264 g/mol. The van der Waals surface area contributed by atoms with Crippen LogP contribution < -0.4 is 5.32 Å². The minimum absolute atomic E-state index is 0.100. The second-order valence-corrected chi connectivity index (χ2v) is 5.73. The highest BCUT2D eigenvalue weighted by Gasteiger charge is 2.33. The number of ketones is 1. The summed E-state index contributed by atoms with van der Waals surface area (Å²) in [5.74, 6) is 0.787. The van der Waals surface area contributed by atoms with Gasteiger partial charge in [-0.15, -0.1) is 0 Å². The molecule has 0 spiro atoms. The van der Waals surface area contributed by atoms with E-state index in [1.165, 1.54) is 0 Å². The van der Waals surface area contributed by atoms with Crippen LogP contribution in [0.3, 0.4) is 0 Å². The summed E-state index contributed by atoms with van der Waals surface area (Å²) in [5.41, 5.74) is 2.63. The molecule has 4 nitrogen and oxygen atoms in total. The summed E-state index contributed by atoms with van der Waals surface area (Å²) in [4.78, 5) is 15.1. The highest BCUT2D eigenvalue weighted by molar-refractivity contribution is 6.13. The third-order valence-electron chi connectivity index (χ3n) is 4.47. The average molecular weight is 282 g/mol. The molecule has 0 saturated carbocycles. The zero-order valence-electron chi connectivity index (χ0n) is 12.1. The zero-order valence-corrected chi connectivity index (χ0v) is 12.1. The van der Waals surface area contributed by atoms with Gasteiger partial charge >= 0.3 is 0 Å². The van der Waals surface area contributed by atoms with E-state index in [2.05, 4.69) is 16.3 Å². The number of para-hydroxylation sites is 1. The fourth-order valence-electron chi connectivity index (χ4n) is 3.32. The van der Waals surface area contributed by atoms with E-state index in [4.69, 9.17) is 4.42 Å². The Morgan fingerprint density at radius 2 is 2.00 bits per heavy atom. The van der Waals surface area contributed by atoms with Crippen LogP contribution in [-0.4, -0.2) is 36.9 Å². The van der Waals surface area contributed by atoms with Crippen LogP contribution in [0.4, 0.5) is 0 Å². The van der Waals surface area contributed by atoms with Crippen LogP contribution >= 0.6 is 0 Å². The van der Waals surface area contributed by atoms with Crippen LogP contribution in [0.25, 0.3) is 17.0 Å². The van der Waals surface area contributed by atoms with Gasteiger partial charge in [0.15, 0.2) is 5.78 Å². The van der Waals surface area contributed by atoms with Crippen molar-refractivity contribution in [2.45, 2.75) is 6.92 Å². The Hall–Kier alpha value is -2.07. The standard InChI is InChI=1S/C17H18N2O2/c1-11-13(19-8-6-18-7-9-19)10-15-16(17(11)20)12-4-2-3-5-14(12)21-15/h2-5,10-11,18H,6-9H2,1H3. The van der Waals surface area contributed by atoms with Gasteiger partial charge in [-0.05, 0) is 13.0 Å². The summed E-state index contributed by atoms with van der Waals surface area (Å²) in [6, 6.07) is 7.77. The van der Waals surface area contributed by atoms with Crippen LogP contribution in [0.5, 0.6) is 0 Å². The SMILES string of the molecule is CC1C(=O)c2c(oc3ccccc23)C=C1N1CCNCC1. The first-order valence-electron chi connectivity index (χ1n) is 7.48. The highest BCUT2D eigenvalue weighted by Crippen LogP contribution is 2.36. The van der Waals surface area contributed by atoms with Gasteiger partial charge in [-0.25, -0.2) is 0 Å². The Morgan fingerprint density at radius 3 is 2.81 bits per heavy atom. The monoisotopic (exact) mass is 282 g/mol. The fraction of sp³-hybridized carbons (Fsp3) is 0.353. The number of hydrogen-bond donors (Lipinski definition) is 1. The number of carbonyl (C=O) groups excluding carboxylic acids is 1. The molecule has 1 saturated heterocycles. The minimum atomic E-state index is -0.100. The summed E-state index contributed by atoms with van der Waals surface area (Å²) in [5, 5.41) is 4.27. The highest BCUT2D eigenvalue weighted by atomic mass is 16.3. The number of carbonyl (C=O) groups is 1. The molecule has 1 aliphatic carbocycles. The van der Waals surface area contributed by atoms with Crippen molar-refractivity contribution in [1.29, 1.82) is 0 Å². The summed E-state index contributed by atoms with van der Waals surface area (Å²) in [6.45, 7) is 5.81. The Kier molecular flexibility index (Phi) is 2.86. The largest absolute Gasteiger partial charge is 0.456 e. The van der Waals surface area contributed by atoms with Crippen LogP contribution in [0.1, 0.15) is 23.0 Å². The first kappa shape index (κ1) is 12.7. The molecule has 21 heavy (non-hydrogen) atoms. The maximum atomic E-state index is 12.8. The molecule has 108 valence electrons. The first-order chi connectivity index (χ1) is 10.3. The molecule has 1 N–H and O–H groups in total. The number of benzene rings is 1. The number of nitrogens with zero attached hydrogens (tertiary/aromatic N) is 1. The van der Waals surface area contributed by atoms with Crippen molar-refractivity contribution in [2.75, 3.05) is 26.2 Å². The molecule has 0 amide bonds. The number of furan rings is 1. The first-order valence-corrected chi connectivity index (χ1v) is 7.48. The van der Waals surface area contributed by atoms with Crippen LogP contribution in [-0.2, 0) is 0 Å². The van der Waals surface area contributed by atoms with Gasteiger partial charge in [0.05, 0.1) is 11.5 Å². The summed E-state index contributed by atoms with van der Waals surface area (Å²) in [7, 11) is 0. The normalized spacial score (nSPS) is 22.3. The van der Waals surface area contributed by atoms with E-state index in [-0.39, 0.29) is 11.7 Å². The van der Waals surface area contributed by atoms with Gasteiger partial charge in [-0.1, -0.05) is 18.2 Å². The van der Waals surface area contributed by atoms with E-state index < -0.39 is 0 Å². The van der Waals surface area contributed by atoms with E-state index in [9.17, 15) is 4.79 Å². The van der Waals surface area contributed by atoms with Crippen LogP contribution in [0.2, 0.25) is 0 Å². The quantitative estimate of drug-likeness (QED) is 0.873. The topological polar surface area (TPSA) is 45.5 Å². The van der Waals surface area contributed by atoms with Gasteiger partial charge in [0.25, 0.3) is 0 Å². The molecule has 1 unspecified atom stereocenters. The number of fused-ring (bicyclic) bond motifs is 3. The number of piperazine rings is 1. The molecule has 1 aromatic carbocycles. The van der Waals surface area contributed by atoms with Gasteiger partial charge in [0, 0.05) is 43.3 Å². The summed E-state index contributed by atoms with van der Waals surface area (Å²) in [6.07, 6.45) is 2.06. The van der Waals surface area contributed by atoms with Crippen molar-refractivity contribution in [1.82, 2.24) is 10.2 Å². The van der Waals surface area contributed by atoms with Crippen molar-refractivity contribution in [2.24, 2.45) is 5.92 Å². The van der Waals surface area contributed by atoms with Crippen LogP contribution in [0, 0.1) is 5.92 Å². The number of rotatable bonds is 1.